The summed E-state index contributed by atoms with van der Waals surface area (Å²) in [6.45, 7) is 3.63. The molecular weight excluding hydrogens is 201 g/mol. The van der Waals surface area contributed by atoms with Crippen LogP contribution in [0.15, 0.2) is 23.9 Å². The van der Waals surface area contributed by atoms with Crippen molar-refractivity contribution in [1.82, 2.24) is 0 Å². The van der Waals surface area contributed by atoms with Gasteiger partial charge in [-0.15, -0.1) is 0 Å². The first kappa shape index (κ1) is 11.5. The molecule has 14 heavy (non-hydrogen) atoms. The lowest BCUT2D eigenvalue weighted by Crippen LogP contribution is -2.25. The maximum absolute atomic E-state index is 11.8. The van der Waals surface area contributed by atoms with Crippen LogP contribution in [0.3, 0.4) is 0 Å². The zero-order chi connectivity index (χ0) is 10.8. The Hall–Kier alpha value is -0.570. The van der Waals surface area contributed by atoms with Crippen LogP contribution in [-0.2, 0) is 9.09 Å². The standard InChI is InChI=1S/C9H16NO3P/c1-3-13-14(11,12)9(2)6-4-8(10)5-7-9/h4-6H,3,7,10H2,1-2H3,(H,11,12). The van der Waals surface area contributed by atoms with Crippen molar-refractivity contribution in [1.29, 1.82) is 0 Å². The van der Waals surface area contributed by atoms with E-state index in [2.05, 4.69) is 0 Å². The molecule has 0 fully saturated rings. The van der Waals surface area contributed by atoms with Crippen LogP contribution in [-0.4, -0.2) is 16.7 Å². The SMILES string of the molecule is CCOP(=O)(O)C1(C)C=CC(N)=CC1. The maximum Gasteiger partial charge on any atom is 0.337 e. The van der Waals surface area contributed by atoms with E-state index >= 15 is 0 Å². The topological polar surface area (TPSA) is 72.5 Å². The van der Waals surface area contributed by atoms with Gasteiger partial charge in [0.25, 0.3) is 0 Å². The Morgan fingerprint density at radius 2 is 2.43 bits per heavy atom. The molecule has 1 aliphatic carbocycles. The highest BCUT2D eigenvalue weighted by atomic mass is 31.2. The van der Waals surface area contributed by atoms with Crippen molar-refractivity contribution in [3.63, 3.8) is 0 Å². The summed E-state index contributed by atoms with van der Waals surface area (Å²) in [6.07, 6.45) is 5.47. The second kappa shape index (κ2) is 3.89. The predicted molar refractivity (Wildman–Crippen MR) is 55.9 cm³/mol. The fourth-order valence-corrected chi connectivity index (χ4v) is 2.50. The first-order valence-electron chi connectivity index (χ1n) is 4.53. The summed E-state index contributed by atoms with van der Waals surface area (Å²) in [5.74, 6) is 0. The summed E-state index contributed by atoms with van der Waals surface area (Å²) >= 11 is 0. The van der Waals surface area contributed by atoms with E-state index in [4.69, 9.17) is 10.3 Å². The van der Waals surface area contributed by atoms with E-state index in [0.29, 0.717) is 12.1 Å². The van der Waals surface area contributed by atoms with Gasteiger partial charge in [-0.05, 0) is 26.3 Å². The lowest BCUT2D eigenvalue weighted by molar-refractivity contribution is 0.256. The van der Waals surface area contributed by atoms with Gasteiger partial charge in [0.05, 0.1) is 11.8 Å². The molecule has 0 radical (unpaired) electrons. The fraction of sp³-hybridized carbons (Fsp3) is 0.556. The van der Waals surface area contributed by atoms with E-state index in [-0.39, 0.29) is 6.61 Å². The molecule has 0 saturated carbocycles. The van der Waals surface area contributed by atoms with Crippen LogP contribution < -0.4 is 5.73 Å². The normalized spacial score (nSPS) is 30.9. The van der Waals surface area contributed by atoms with Gasteiger partial charge in [0.1, 0.15) is 0 Å². The number of allylic oxidation sites excluding steroid dienone is 3. The van der Waals surface area contributed by atoms with Gasteiger partial charge in [0, 0.05) is 5.70 Å². The number of rotatable bonds is 3. The third kappa shape index (κ3) is 2.08. The van der Waals surface area contributed by atoms with Crippen LogP contribution in [0.4, 0.5) is 0 Å². The van der Waals surface area contributed by atoms with Gasteiger partial charge in [-0.2, -0.15) is 0 Å². The second-order valence-corrected chi connectivity index (χ2v) is 5.86. The van der Waals surface area contributed by atoms with Gasteiger partial charge in [-0.25, -0.2) is 0 Å². The molecule has 0 bridgehead atoms. The summed E-state index contributed by atoms with van der Waals surface area (Å²) in [5.41, 5.74) is 6.16. The summed E-state index contributed by atoms with van der Waals surface area (Å²) < 4.78 is 16.7. The van der Waals surface area contributed by atoms with Gasteiger partial charge in [-0.1, -0.05) is 12.2 Å². The molecule has 2 atom stereocenters. The lowest BCUT2D eigenvalue weighted by Gasteiger charge is -2.31. The van der Waals surface area contributed by atoms with Crippen LogP contribution in [0.2, 0.25) is 0 Å². The van der Waals surface area contributed by atoms with Gasteiger partial charge in [0.2, 0.25) is 0 Å². The Morgan fingerprint density at radius 1 is 1.79 bits per heavy atom. The Morgan fingerprint density at radius 3 is 2.86 bits per heavy atom. The molecule has 0 aromatic carbocycles. The molecule has 3 N–H and O–H groups in total. The predicted octanol–water partition coefficient (Wildman–Crippen LogP) is 1.77. The van der Waals surface area contributed by atoms with E-state index in [0.717, 1.165) is 0 Å². The fourth-order valence-electron chi connectivity index (χ4n) is 1.27. The quantitative estimate of drug-likeness (QED) is 0.706. The van der Waals surface area contributed by atoms with Gasteiger partial charge in [0.15, 0.2) is 0 Å². The molecule has 2 unspecified atom stereocenters. The molecule has 0 amide bonds. The first-order chi connectivity index (χ1) is 6.41. The van der Waals surface area contributed by atoms with Crippen molar-refractivity contribution in [3.05, 3.63) is 23.9 Å². The van der Waals surface area contributed by atoms with Gasteiger partial charge >= 0.3 is 7.60 Å². The minimum absolute atomic E-state index is 0.233. The van der Waals surface area contributed by atoms with Gasteiger partial charge in [-0.3, -0.25) is 4.57 Å². The molecule has 0 heterocycles. The zero-order valence-electron chi connectivity index (χ0n) is 8.43. The molecule has 0 aromatic heterocycles. The molecule has 5 heteroatoms. The number of nitrogens with two attached hydrogens (primary N) is 1. The van der Waals surface area contributed by atoms with Crippen molar-refractivity contribution in [2.24, 2.45) is 5.73 Å². The Labute approximate surface area is 84.0 Å². The third-order valence-corrected chi connectivity index (χ3v) is 4.57. The second-order valence-electron chi connectivity index (χ2n) is 3.54. The summed E-state index contributed by atoms with van der Waals surface area (Å²) in [7, 11) is -3.59. The van der Waals surface area contributed by atoms with E-state index in [1.54, 1.807) is 32.1 Å². The first-order valence-corrected chi connectivity index (χ1v) is 6.11. The summed E-state index contributed by atoms with van der Waals surface area (Å²) in [5, 5.41) is -0.841. The van der Waals surface area contributed by atoms with E-state index in [9.17, 15) is 9.46 Å². The maximum atomic E-state index is 11.8. The third-order valence-electron chi connectivity index (χ3n) is 2.34. The molecule has 0 aromatic rings. The highest BCUT2D eigenvalue weighted by Crippen LogP contribution is 2.58. The van der Waals surface area contributed by atoms with E-state index < -0.39 is 12.8 Å². The van der Waals surface area contributed by atoms with E-state index in [1.807, 2.05) is 0 Å². The lowest BCUT2D eigenvalue weighted by atomic mass is 10.0. The van der Waals surface area contributed by atoms with Crippen LogP contribution >= 0.6 is 7.60 Å². The minimum Gasteiger partial charge on any atom is -0.399 e. The van der Waals surface area contributed by atoms with Crippen LogP contribution in [0.25, 0.3) is 0 Å². The molecule has 1 rings (SSSR count). The van der Waals surface area contributed by atoms with Crippen molar-refractivity contribution >= 4 is 7.60 Å². The van der Waals surface area contributed by atoms with Crippen molar-refractivity contribution in [3.8, 4) is 0 Å². The largest absolute Gasteiger partial charge is 0.399 e. The number of hydrogen-bond donors (Lipinski definition) is 2. The van der Waals surface area contributed by atoms with Crippen LogP contribution in [0, 0.1) is 0 Å². The highest BCUT2D eigenvalue weighted by Gasteiger charge is 2.42. The molecule has 4 nitrogen and oxygen atoms in total. The van der Waals surface area contributed by atoms with Crippen LogP contribution in [0.5, 0.6) is 0 Å². The Bertz CT molecular complexity index is 324. The Kier molecular flexibility index (Phi) is 3.20. The smallest absolute Gasteiger partial charge is 0.337 e. The summed E-state index contributed by atoms with van der Waals surface area (Å²) in [4.78, 5) is 9.70. The zero-order valence-corrected chi connectivity index (χ0v) is 9.33. The summed E-state index contributed by atoms with van der Waals surface area (Å²) in [6, 6.07) is 0. The average Bonchev–Trinajstić information content (AvgIpc) is 2.10. The minimum atomic E-state index is -3.59. The Balaban J connectivity index is 2.88. The molecule has 0 aliphatic heterocycles. The molecule has 0 saturated heterocycles. The monoisotopic (exact) mass is 217 g/mol. The van der Waals surface area contributed by atoms with E-state index in [1.165, 1.54) is 0 Å². The molecule has 0 spiro atoms. The van der Waals surface area contributed by atoms with Crippen molar-refractivity contribution in [2.75, 3.05) is 6.61 Å². The highest BCUT2D eigenvalue weighted by molar-refractivity contribution is 7.54. The van der Waals surface area contributed by atoms with Crippen LogP contribution in [0.1, 0.15) is 20.3 Å². The molecular formula is C9H16NO3P. The van der Waals surface area contributed by atoms with Crippen molar-refractivity contribution < 1.29 is 14.0 Å². The number of hydrogen-bond acceptors (Lipinski definition) is 3. The average molecular weight is 217 g/mol. The molecule has 1 aliphatic rings. The molecule has 80 valence electrons. The van der Waals surface area contributed by atoms with Gasteiger partial charge < -0.3 is 15.2 Å². The van der Waals surface area contributed by atoms with Crippen molar-refractivity contribution in [2.45, 2.75) is 25.4 Å².